The first-order valence-corrected chi connectivity index (χ1v) is 10.9. The van der Waals surface area contributed by atoms with Crippen LogP contribution in [-0.4, -0.2) is 19.5 Å². The molecule has 1 rings (SSSR count). The first-order chi connectivity index (χ1) is 13.3. The molecule has 1 aliphatic carbocycles. The van der Waals surface area contributed by atoms with Gasteiger partial charge in [0.05, 0.1) is 0 Å². The van der Waals surface area contributed by atoms with E-state index in [0.29, 0.717) is 5.41 Å². The minimum Gasteiger partial charge on any atom is -0.349 e. The number of hydrogen-bond acceptors (Lipinski definition) is 2. The fraction of sp³-hybridized carbons (Fsp3) is 0.615. The van der Waals surface area contributed by atoms with Crippen molar-refractivity contribution in [2.45, 2.75) is 86.9 Å². The van der Waals surface area contributed by atoms with Gasteiger partial charge in [0.2, 0.25) is 0 Å². The Morgan fingerprint density at radius 3 is 2.25 bits per heavy atom. The summed E-state index contributed by atoms with van der Waals surface area (Å²) in [6.45, 7) is 16.9. The van der Waals surface area contributed by atoms with Gasteiger partial charge in [-0.25, -0.2) is 0 Å². The van der Waals surface area contributed by atoms with Crippen molar-refractivity contribution < 1.29 is 9.47 Å². The van der Waals surface area contributed by atoms with Crippen molar-refractivity contribution >= 4 is 0 Å². The molecule has 0 fully saturated rings. The number of hydrogen-bond donors (Lipinski definition) is 0. The Morgan fingerprint density at radius 2 is 1.68 bits per heavy atom. The van der Waals surface area contributed by atoms with E-state index in [4.69, 9.17) is 9.47 Å². The zero-order valence-corrected chi connectivity index (χ0v) is 19.3. The van der Waals surface area contributed by atoms with Gasteiger partial charge in [0.15, 0.2) is 6.29 Å². The summed E-state index contributed by atoms with van der Waals surface area (Å²) in [5.74, 6) is 0. The van der Waals surface area contributed by atoms with Gasteiger partial charge in [0.1, 0.15) is 0 Å². The van der Waals surface area contributed by atoms with Crippen LogP contribution >= 0.6 is 0 Å². The Hall–Kier alpha value is -1.38. The third kappa shape index (κ3) is 9.21. The van der Waals surface area contributed by atoms with Crippen LogP contribution in [0.15, 0.2) is 58.7 Å². The Balaban J connectivity index is 2.72. The van der Waals surface area contributed by atoms with Crippen LogP contribution in [0.4, 0.5) is 0 Å². The van der Waals surface area contributed by atoms with Crippen molar-refractivity contribution in [3.8, 4) is 0 Å². The predicted octanol–water partition coefficient (Wildman–Crippen LogP) is 7.70. The van der Waals surface area contributed by atoms with Crippen molar-refractivity contribution in [3.63, 3.8) is 0 Å². The highest BCUT2D eigenvalue weighted by Gasteiger charge is 2.26. The van der Waals surface area contributed by atoms with E-state index < -0.39 is 0 Å². The molecule has 2 nitrogen and oxygen atoms in total. The maximum absolute atomic E-state index is 5.76. The lowest BCUT2D eigenvalue weighted by molar-refractivity contribution is -0.111. The van der Waals surface area contributed by atoms with Crippen LogP contribution in [0.5, 0.6) is 0 Å². The molecular formula is C26H42O2. The molecule has 2 heteroatoms. The first-order valence-electron chi connectivity index (χ1n) is 10.9. The first kappa shape index (κ1) is 24.7. The average Bonchev–Trinajstić information content (AvgIpc) is 2.63. The lowest BCUT2D eigenvalue weighted by Crippen LogP contribution is -2.19. The van der Waals surface area contributed by atoms with Crippen LogP contribution in [-0.2, 0) is 9.47 Å². The summed E-state index contributed by atoms with van der Waals surface area (Å²) >= 11 is 0. The highest BCUT2D eigenvalue weighted by molar-refractivity contribution is 5.37. The minimum absolute atomic E-state index is 0.252. The van der Waals surface area contributed by atoms with Gasteiger partial charge in [0, 0.05) is 13.2 Å². The fourth-order valence-corrected chi connectivity index (χ4v) is 3.51. The van der Waals surface area contributed by atoms with Crippen molar-refractivity contribution in [1.82, 2.24) is 0 Å². The van der Waals surface area contributed by atoms with Crippen LogP contribution in [0.3, 0.4) is 0 Å². The summed E-state index contributed by atoms with van der Waals surface area (Å²) < 4.78 is 11.5. The summed E-state index contributed by atoms with van der Waals surface area (Å²) in [6, 6.07) is 0. The zero-order chi connectivity index (χ0) is 21.0. The lowest BCUT2D eigenvalue weighted by Gasteiger charge is -2.32. The van der Waals surface area contributed by atoms with Crippen molar-refractivity contribution in [2.24, 2.45) is 5.41 Å². The summed E-state index contributed by atoms with van der Waals surface area (Å²) in [7, 11) is 0. The lowest BCUT2D eigenvalue weighted by atomic mass is 9.72. The second kappa shape index (κ2) is 13.0. The standard InChI is InChI=1S/C26H42O2/c1-8-18-27-25(28-19-9-2)20-22(4)13-10-12-21(3)15-16-24-23(5)14-11-17-26(24,6)7/h10,12-13,15-16,20,25H,8-9,11,14,17-19H2,1-7H3/b13-10+,16-15+,21-12-,22-20-. The molecule has 0 aromatic heterocycles. The monoisotopic (exact) mass is 386 g/mol. The molecule has 0 unspecified atom stereocenters. The predicted molar refractivity (Wildman–Crippen MR) is 122 cm³/mol. The Morgan fingerprint density at radius 1 is 1.04 bits per heavy atom. The maximum atomic E-state index is 5.76. The van der Waals surface area contributed by atoms with Gasteiger partial charge in [-0.05, 0) is 69.9 Å². The highest BCUT2D eigenvalue weighted by Crippen LogP contribution is 2.40. The molecule has 0 aliphatic heterocycles. The zero-order valence-electron chi connectivity index (χ0n) is 19.3. The summed E-state index contributed by atoms with van der Waals surface area (Å²) in [5.41, 5.74) is 5.75. The van der Waals surface area contributed by atoms with E-state index in [1.54, 1.807) is 5.57 Å². The molecule has 0 aromatic carbocycles. The largest absolute Gasteiger partial charge is 0.349 e. The van der Waals surface area contributed by atoms with Crippen LogP contribution < -0.4 is 0 Å². The van der Waals surface area contributed by atoms with E-state index in [-0.39, 0.29) is 6.29 Å². The molecule has 0 aromatic rings. The number of allylic oxidation sites excluding steroid dienone is 9. The van der Waals surface area contributed by atoms with Crippen LogP contribution in [0.1, 0.15) is 80.6 Å². The maximum Gasteiger partial charge on any atom is 0.177 e. The third-order valence-corrected chi connectivity index (χ3v) is 5.15. The van der Waals surface area contributed by atoms with Crippen molar-refractivity contribution in [1.29, 1.82) is 0 Å². The quantitative estimate of drug-likeness (QED) is 0.267. The van der Waals surface area contributed by atoms with E-state index in [0.717, 1.165) is 31.6 Å². The summed E-state index contributed by atoms with van der Waals surface area (Å²) in [6.07, 6.45) is 18.6. The van der Waals surface area contributed by atoms with E-state index in [1.165, 1.54) is 30.4 Å². The molecule has 0 saturated carbocycles. The Bertz CT molecular complexity index is 606. The molecule has 0 N–H and O–H groups in total. The number of ether oxygens (including phenoxy) is 2. The van der Waals surface area contributed by atoms with E-state index >= 15 is 0 Å². The van der Waals surface area contributed by atoms with Crippen LogP contribution in [0, 0.1) is 5.41 Å². The Labute approximate surface area is 174 Å². The summed E-state index contributed by atoms with van der Waals surface area (Å²) in [5, 5.41) is 0. The second-order valence-corrected chi connectivity index (χ2v) is 8.56. The van der Waals surface area contributed by atoms with Gasteiger partial charge >= 0.3 is 0 Å². The SMILES string of the molecule is CCCOC(\C=C(C)/C=C/C=C(C)\C=C\C1=C(C)CCCC1(C)C)OCCC. The molecule has 28 heavy (non-hydrogen) atoms. The van der Waals surface area contributed by atoms with Gasteiger partial charge in [-0.1, -0.05) is 74.8 Å². The molecular weight excluding hydrogens is 344 g/mol. The minimum atomic E-state index is -0.252. The molecule has 0 amide bonds. The van der Waals surface area contributed by atoms with Gasteiger partial charge in [-0.2, -0.15) is 0 Å². The van der Waals surface area contributed by atoms with E-state index in [9.17, 15) is 0 Å². The Kier molecular flexibility index (Phi) is 11.4. The molecule has 0 radical (unpaired) electrons. The summed E-state index contributed by atoms with van der Waals surface area (Å²) in [4.78, 5) is 0. The molecule has 0 bridgehead atoms. The van der Waals surface area contributed by atoms with Crippen molar-refractivity contribution in [2.75, 3.05) is 13.2 Å². The van der Waals surface area contributed by atoms with Gasteiger partial charge < -0.3 is 9.47 Å². The topological polar surface area (TPSA) is 18.5 Å². The van der Waals surface area contributed by atoms with Gasteiger partial charge in [0.25, 0.3) is 0 Å². The van der Waals surface area contributed by atoms with Gasteiger partial charge in [-0.3, -0.25) is 0 Å². The fourth-order valence-electron chi connectivity index (χ4n) is 3.51. The van der Waals surface area contributed by atoms with Crippen LogP contribution in [0.25, 0.3) is 0 Å². The molecule has 0 spiro atoms. The second-order valence-electron chi connectivity index (χ2n) is 8.56. The molecule has 1 aliphatic rings. The normalized spacial score (nSPS) is 18.9. The third-order valence-electron chi connectivity index (χ3n) is 5.15. The van der Waals surface area contributed by atoms with Crippen LogP contribution in [0.2, 0.25) is 0 Å². The molecule has 158 valence electrons. The van der Waals surface area contributed by atoms with E-state index in [2.05, 4.69) is 84.9 Å². The van der Waals surface area contributed by atoms with E-state index in [1.807, 2.05) is 0 Å². The average molecular weight is 387 g/mol. The van der Waals surface area contributed by atoms with Gasteiger partial charge in [-0.15, -0.1) is 0 Å². The smallest absolute Gasteiger partial charge is 0.177 e. The highest BCUT2D eigenvalue weighted by atomic mass is 16.7. The molecule has 0 saturated heterocycles. The molecule has 0 atom stereocenters. The molecule has 0 heterocycles. The number of rotatable bonds is 11. The van der Waals surface area contributed by atoms with Crippen molar-refractivity contribution in [3.05, 3.63) is 58.7 Å².